The van der Waals surface area contributed by atoms with Crippen LogP contribution < -0.4 is 10.5 Å². The average molecular weight is 261 g/mol. The van der Waals surface area contributed by atoms with Crippen LogP contribution in [0.25, 0.3) is 11.4 Å². The highest BCUT2D eigenvalue weighted by molar-refractivity contribution is 5.64. The van der Waals surface area contributed by atoms with E-state index in [1.807, 2.05) is 25.1 Å². The van der Waals surface area contributed by atoms with E-state index in [-0.39, 0.29) is 6.04 Å². The van der Waals surface area contributed by atoms with Crippen LogP contribution in [0.2, 0.25) is 0 Å². The Morgan fingerprint density at radius 2 is 2.21 bits per heavy atom. The molecule has 0 unspecified atom stereocenters. The van der Waals surface area contributed by atoms with Crippen LogP contribution in [-0.4, -0.2) is 17.3 Å². The highest BCUT2D eigenvalue weighted by Gasteiger charge is 2.17. The van der Waals surface area contributed by atoms with Crippen LogP contribution in [0.5, 0.6) is 5.75 Å². The predicted molar refractivity (Wildman–Crippen MR) is 72.9 cm³/mol. The minimum absolute atomic E-state index is 0.206. The van der Waals surface area contributed by atoms with E-state index in [1.54, 1.807) is 7.11 Å². The molecule has 5 heteroatoms. The van der Waals surface area contributed by atoms with Crippen LogP contribution in [0.1, 0.15) is 37.3 Å². The molecule has 2 aromatic rings. The fourth-order valence-corrected chi connectivity index (χ4v) is 1.91. The summed E-state index contributed by atoms with van der Waals surface area (Å²) in [5, 5.41) is 3.98. The van der Waals surface area contributed by atoms with Crippen LogP contribution in [-0.2, 0) is 0 Å². The van der Waals surface area contributed by atoms with Crippen molar-refractivity contribution in [3.8, 4) is 17.1 Å². The maximum absolute atomic E-state index is 5.96. The Hall–Kier alpha value is -1.88. The van der Waals surface area contributed by atoms with Gasteiger partial charge in [-0.2, -0.15) is 4.98 Å². The van der Waals surface area contributed by atoms with E-state index in [9.17, 15) is 0 Å². The molecule has 0 amide bonds. The third kappa shape index (κ3) is 2.93. The molecule has 0 aliphatic carbocycles. The summed E-state index contributed by atoms with van der Waals surface area (Å²) in [7, 11) is 1.63. The lowest BCUT2D eigenvalue weighted by Gasteiger charge is -2.05. The molecule has 2 rings (SSSR count). The van der Waals surface area contributed by atoms with E-state index in [2.05, 4.69) is 17.1 Å². The number of aryl methyl sites for hydroxylation is 1. The van der Waals surface area contributed by atoms with Crippen molar-refractivity contribution >= 4 is 0 Å². The first-order chi connectivity index (χ1) is 9.15. The summed E-state index contributed by atoms with van der Waals surface area (Å²) in [5.74, 6) is 1.72. The second kappa shape index (κ2) is 5.84. The van der Waals surface area contributed by atoms with Crippen LogP contribution in [0.15, 0.2) is 22.7 Å². The van der Waals surface area contributed by atoms with Gasteiger partial charge in [-0.1, -0.05) is 24.6 Å². The topological polar surface area (TPSA) is 74.2 Å². The quantitative estimate of drug-likeness (QED) is 0.895. The standard InChI is InChI=1S/C14H19N3O2/c1-4-5-11(15)14-16-13(17-19-14)10-7-6-9(2)8-12(10)18-3/h6-8,11H,4-5,15H2,1-3H3/t11-/m1/s1. The largest absolute Gasteiger partial charge is 0.496 e. The summed E-state index contributed by atoms with van der Waals surface area (Å²) >= 11 is 0. The van der Waals surface area contributed by atoms with Crippen molar-refractivity contribution in [1.82, 2.24) is 10.1 Å². The fourth-order valence-electron chi connectivity index (χ4n) is 1.91. The molecule has 0 radical (unpaired) electrons. The Balaban J connectivity index is 2.32. The maximum atomic E-state index is 5.96. The lowest BCUT2D eigenvalue weighted by atomic mass is 10.1. The minimum Gasteiger partial charge on any atom is -0.496 e. The van der Waals surface area contributed by atoms with Gasteiger partial charge in [0, 0.05) is 0 Å². The first-order valence-electron chi connectivity index (χ1n) is 6.40. The maximum Gasteiger partial charge on any atom is 0.243 e. The summed E-state index contributed by atoms with van der Waals surface area (Å²) < 4.78 is 10.6. The van der Waals surface area contributed by atoms with Gasteiger partial charge < -0.3 is 15.0 Å². The lowest BCUT2D eigenvalue weighted by Crippen LogP contribution is -2.09. The highest BCUT2D eigenvalue weighted by atomic mass is 16.5. The molecule has 1 atom stereocenters. The molecular formula is C14H19N3O2. The van der Waals surface area contributed by atoms with Gasteiger partial charge in [-0.05, 0) is 31.0 Å². The van der Waals surface area contributed by atoms with E-state index in [4.69, 9.17) is 15.0 Å². The molecule has 102 valence electrons. The number of hydrogen-bond acceptors (Lipinski definition) is 5. The van der Waals surface area contributed by atoms with Crippen LogP contribution in [0, 0.1) is 6.92 Å². The van der Waals surface area contributed by atoms with Gasteiger partial charge in [-0.3, -0.25) is 0 Å². The Morgan fingerprint density at radius 3 is 2.89 bits per heavy atom. The highest BCUT2D eigenvalue weighted by Crippen LogP contribution is 2.29. The molecule has 0 bridgehead atoms. The Kier molecular flexibility index (Phi) is 4.16. The zero-order chi connectivity index (χ0) is 13.8. The molecule has 0 saturated heterocycles. The number of rotatable bonds is 5. The monoisotopic (exact) mass is 261 g/mol. The molecule has 0 saturated carbocycles. The summed E-state index contributed by atoms with van der Waals surface area (Å²) in [4.78, 5) is 4.35. The molecule has 0 fully saturated rings. The van der Waals surface area contributed by atoms with Crippen molar-refractivity contribution in [1.29, 1.82) is 0 Å². The van der Waals surface area contributed by atoms with Crippen molar-refractivity contribution < 1.29 is 9.26 Å². The van der Waals surface area contributed by atoms with Gasteiger partial charge in [0.2, 0.25) is 11.7 Å². The smallest absolute Gasteiger partial charge is 0.243 e. The van der Waals surface area contributed by atoms with E-state index in [0.29, 0.717) is 11.7 Å². The van der Waals surface area contributed by atoms with E-state index in [1.165, 1.54) is 0 Å². The molecule has 0 aliphatic rings. The van der Waals surface area contributed by atoms with Gasteiger partial charge >= 0.3 is 0 Å². The second-order valence-electron chi connectivity index (χ2n) is 4.56. The number of nitrogens with zero attached hydrogens (tertiary/aromatic N) is 2. The van der Waals surface area contributed by atoms with Gasteiger partial charge in [0.1, 0.15) is 5.75 Å². The van der Waals surface area contributed by atoms with Crippen LogP contribution >= 0.6 is 0 Å². The second-order valence-corrected chi connectivity index (χ2v) is 4.56. The van der Waals surface area contributed by atoms with Gasteiger partial charge in [0.25, 0.3) is 0 Å². The number of ether oxygens (including phenoxy) is 1. The number of benzene rings is 1. The van der Waals surface area contributed by atoms with Gasteiger partial charge in [-0.15, -0.1) is 0 Å². The Morgan fingerprint density at radius 1 is 1.42 bits per heavy atom. The average Bonchev–Trinajstić information content (AvgIpc) is 2.88. The summed E-state index contributed by atoms with van der Waals surface area (Å²) in [6.45, 7) is 4.07. The van der Waals surface area contributed by atoms with Gasteiger partial charge in [-0.25, -0.2) is 0 Å². The molecule has 0 spiro atoms. The van der Waals surface area contributed by atoms with Crippen LogP contribution in [0.3, 0.4) is 0 Å². The van der Waals surface area contributed by atoms with Gasteiger partial charge in [0.15, 0.2) is 0 Å². The van der Waals surface area contributed by atoms with Crippen molar-refractivity contribution in [2.45, 2.75) is 32.7 Å². The van der Waals surface area contributed by atoms with Crippen molar-refractivity contribution in [2.24, 2.45) is 5.73 Å². The first kappa shape index (κ1) is 13.5. The van der Waals surface area contributed by atoms with E-state index >= 15 is 0 Å². The third-order valence-electron chi connectivity index (χ3n) is 2.96. The number of nitrogens with two attached hydrogens (primary N) is 1. The lowest BCUT2D eigenvalue weighted by molar-refractivity contribution is 0.348. The van der Waals surface area contributed by atoms with Crippen LogP contribution in [0.4, 0.5) is 0 Å². The van der Waals surface area contributed by atoms with E-state index in [0.717, 1.165) is 29.7 Å². The molecule has 0 aliphatic heterocycles. The van der Waals surface area contributed by atoms with Crippen molar-refractivity contribution in [3.05, 3.63) is 29.7 Å². The molecule has 5 nitrogen and oxygen atoms in total. The first-order valence-corrected chi connectivity index (χ1v) is 6.40. The summed E-state index contributed by atoms with van der Waals surface area (Å²) in [5.41, 5.74) is 7.89. The molecule has 1 heterocycles. The van der Waals surface area contributed by atoms with Gasteiger partial charge in [0.05, 0.1) is 18.7 Å². The minimum atomic E-state index is -0.206. The fraction of sp³-hybridized carbons (Fsp3) is 0.429. The van der Waals surface area contributed by atoms with Crippen molar-refractivity contribution in [3.63, 3.8) is 0 Å². The number of hydrogen-bond donors (Lipinski definition) is 1. The number of aromatic nitrogens is 2. The molecule has 1 aromatic heterocycles. The summed E-state index contributed by atoms with van der Waals surface area (Å²) in [6, 6.07) is 5.65. The molecular weight excluding hydrogens is 242 g/mol. The SMILES string of the molecule is CCC[C@@H](N)c1nc(-c2ccc(C)cc2OC)no1. The Bertz CT molecular complexity index is 551. The number of methoxy groups -OCH3 is 1. The Labute approximate surface area is 112 Å². The molecule has 1 aromatic carbocycles. The van der Waals surface area contributed by atoms with Crippen molar-refractivity contribution in [2.75, 3.05) is 7.11 Å². The van der Waals surface area contributed by atoms with E-state index < -0.39 is 0 Å². The normalized spacial score (nSPS) is 12.4. The summed E-state index contributed by atoms with van der Waals surface area (Å²) in [6.07, 6.45) is 1.80. The zero-order valence-corrected chi connectivity index (χ0v) is 11.5. The zero-order valence-electron chi connectivity index (χ0n) is 11.5. The molecule has 19 heavy (non-hydrogen) atoms. The molecule has 2 N–H and O–H groups in total. The third-order valence-corrected chi connectivity index (χ3v) is 2.96. The predicted octanol–water partition coefficient (Wildman–Crippen LogP) is 2.85.